The van der Waals surface area contributed by atoms with E-state index in [9.17, 15) is 13.2 Å². The zero-order chi connectivity index (χ0) is 16.4. The Bertz CT molecular complexity index is 879. The number of carbonyl (C=O) groups excluding carboxylic acids is 1. The topological polar surface area (TPSA) is 63.7 Å². The van der Waals surface area contributed by atoms with Crippen LogP contribution >= 0.6 is 15.9 Å². The van der Waals surface area contributed by atoms with Gasteiger partial charge in [-0.1, -0.05) is 52.3 Å². The Morgan fingerprint density at radius 1 is 1.22 bits per heavy atom. The standard InChI is InChI=1S/C16H14BrNO4S/c17-11-15-10-16(19)18(15)22-23(20,21)8-7-12-5-6-13-3-1-2-4-14(13)9-12/h1-9,15H,10-11H2/b8-7+. The van der Waals surface area contributed by atoms with Gasteiger partial charge in [-0.05, 0) is 28.5 Å². The summed E-state index contributed by atoms with van der Waals surface area (Å²) in [6, 6.07) is 13.2. The van der Waals surface area contributed by atoms with Crippen molar-refractivity contribution in [3.63, 3.8) is 0 Å². The number of benzene rings is 2. The summed E-state index contributed by atoms with van der Waals surface area (Å²) < 4.78 is 28.8. The molecule has 1 amide bonds. The predicted molar refractivity (Wildman–Crippen MR) is 92.0 cm³/mol. The smallest absolute Gasteiger partial charge is 0.272 e. The van der Waals surface area contributed by atoms with Crippen molar-refractivity contribution in [1.82, 2.24) is 5.06 Å². The van der Waals surface area contributed by atoms with E-state index in [1.54, 1.807) is 0 Å². The molecular formula is C16H14BrNO4S. The summed E-state index contributed by atoms with van der Waals surface area (Å²) in [4.78, 5) is 11.4. The van der Waals surface area contributed by atoms with Crippen molar-refractivity contribution in [2.75, 3.05) is 5.33 Å². The van der Waals surface area contributed by atoms with Crippen LogP contribution in [-0.4, -0.2) is 30.8 Å². The average molecular weight is 396 g/mol. The number of halogens is 1. The van der Waals surface area contributed by atoms with Crippen molar-refractivity contribution in [1.29, 1.82) is 0 Å². The Hall–Kier alpha value is -1.70. The van der Waals surface area contributed by atoms with Gasteiger partial charge in [-0.15, -0.1) is 4.28 Å². The van der Waals surface area contributed by atoms with Crippen LogP contribution in [0.1, 0.15) is 12.0 Å². The molecule has 0 bridgehead atoms. The van der Waals surface area contributed by atoms with Gasteiger partial charge < -0.3 is 0 Å². The van der Waals surface area contributed by atoms with E-state index in [-0.39, 0.29) is 18.4 Å². The van der Waals surface area contributed by atoms with Gasteiger partial charge in [-0.25, -0.2) is 0 Å². The van der Waals surface area contributed by atoms with Crippen LogP contribution in [-0.2, 0) is 19.2 Å². The molecule has 1 atom stereocenters. The molecule has 1 aliphatic rings. The van der Waals surface area contributed by atoms with Gasteiger partial charge >= 0.3 is 10.1 Å². The molecule has 0 aromatic heterocycles. The molecule has 2 aromatic rings. The highest BCUT2D eigenvalue weighted by molar-refractivity contribution is 9.09. The van der Waals surface area contributed by atoms with E-state index in [1.807, 2.05) is 42.5 Å². The highest BCUT2D eigenvalue weighted by Crippen LogP contribution is 2.23. The Kier molecular flexibility index (Phi) is 4.52. The molecule has 1 saturated heterocycles. The summed E-state index contributed by atoms with van der Waals surface area (Å²) in [6.45, 7) is 0. The number of fused-ring (bicyclic) bond motifs is 1. The molecule has 120 valence electrons. The van der Waals surface area contributed by atoms with Gasteiger partial charge in [0.05, 0.1) is 17.9 Å². The Labute approximate surface area is 142 Å². The first kappa shape index (κ1) is 16.2. The van der Waals surface area contributed by atoms with Crippen LogP contribution in [0.2, 0.25) is 0 Å². The summed E-state index contributed by atoms with van der Waals surface area (Å²) in [5.74, 6) is -0.336. The number of carbonyl (C=O) groups is 1. The van der Waals surface area contributed by atoms with Crippen molar-refractivity contribution in [3.05, 3.63) is 53.4 Å². The number of hydrogen-bond donors (Lipinski definition) is 0. The lowest BCUT2D eigenvalue weighted by atomic mass is 10.1. The minimum absolute atomic E-state index is 0.244. The second-order valence-corrected chi connectivity index (χ2v) is 7.26. The molecular weight excluding hydrogens is 382 g/mol. The van der Waals surface area contributed by atoms with E-state index < -0.39 is 10.1 Å². The highest BCUT2D eigenvalue weighted by Gasteiger charge is 2.39. The van der Waals surface area contributed by atoms with Crippen LogP contribution in [0.5, 0.6) is 0 Å². The largest absolute Gasteiger partial charge is 0.310 e. The molecule has 1 fully saturated rings. The van der Waals surface area contributed by atoms with E-state index in [0.717, 1.165) is 26.8 Å². The molecule has 1 aliphatic heterocycles. The molecule has 7 heteroatoms. The third-order valence-electron chi connectivity index (χ3n) is 3.55. The summed E-state index contributed by atoms with van der Waals surface area (Å²) >= 11 is 3.21. The molecule has 0 saturated carbocycles. The lowest BCUT2D eigenvalue weighted by molar-refractivity contribution is -0.185. The van der Waals surface area contributed by atoms with E-state index >= 15 is 0 Å². The van der Waals surface area contributed by atoms with Crippen molar-refractivity contribution in [3.8, 4) is 0 Å². The molecule has 0 N–H and O–H groups in total. The fraction of sp³-hybridized carbons (Fsp3) is 0.188. The van der Waals surface area contributed by atoms with E-state index in [4.69, 9.17) is 4.28 Å². The van der Waals surface area contributed by atoms with E-state index in [0.29, 0.717) is 5.33 Å². The monoisotopic (exact) mass is 395 g/mol. The summed E-state index contributed by atoms with van der Waals surface area (Å²) in [5, 5.41) is 4.44. The van der Waals surface area contributed by atoms with Gasteiger partial charge in [-0.2, -0.15) is 13.5 Å². The molecule has 3 rings (SSSR count). The molecule has 2 aromatic carbocycles. The lowest BCUT2D eigenvalue weighted by Crippen LogP contribution is -2.53. The lowest BCUT2D eigenvalue weighted by Gasteiger charge is -2.36. The van der Waals surface area contributed by atoms with Crippen molar-refractivity contribution >= 4 is 48.8 Å². The Morgan fingerprint density at radius 3 is 2.65 bits per heavy atom. The van der Waals surface area contributed by atoms with Crippen LogP contribution in [0.15, 0.2) is 47.9 Å². The number of nitrogens with zero attached hydrogens (tertiary/aromatic N) is 1. The van der Waals surface area contributed by atoms with E-state index in [1.165, 1.54) is 6.08 Å². The first-order valence-electron chi connectivity index (χ1n) is 6.98. The van der Waals surface area contributed by atoms with E-state index in [2.05, 4.69) is 15.9 Å². The quantitative estimate of drug-likeness (QED) is 0.576. The molecule has 1 heterocycles. The molecule has 0 spiro atoms. The van der Waals surface area contributed by atoms with Gasteiger partial charge in [0.1, 0.15) is 0 Å². The minimum atomic E-state index is -3.97. The fourth-order valence-corrected chi connectivity index (χ4v) is 3.59. The molecule has 1 unspecified atom stereocenters. The molecule has 0 aliphatic carbocycles. The average Bonchev–Trinajstić information content (AvgIpc) is 2.55. The number of hydrogen-bond acceptors (Lipinski definition) is 4. The number of amides is 1. The van der Waals surface area contributed by atoms with Crippen LogP contribution in [0.25, 0.3) is 16.8 Å². The molecule has 0 radical (unpaired) electrons. The maximum atomic E-state index is 12.0. The normalized spacial score (nSPS) is 18.6. The zero-order valence-corrected chi connectivity index (χ0v) is 14.5. The van der Waals surface area contributed by atoms with Gasteiger partial charge in [-0.3, -0.25) is 4.79 Å². The van der Waals surface area contributed by atoms with Crippen molar-refractivity contribution < 1.29 is 17.5 Å². The number of rotatable bonds is 5. The van der Waals surface area contributed by atoms with Crippen molar-refractivity contribution in [2.45, 2.75) is 12.5 Å². The summed E-state index contributed by atoms with van der Waals surface area (Å²) in [6.07, 6.45) is 1.74. The summed E-state index contributed by atoms with van der Waals surface area (Å²) in [7, 11) is -3.97. The number of β-lactam (4-membered cyclic amide) rings is 1. The maximum absolute atomic E-state index is 12.0. The second-order valence-electron chi connectivity index (χ2n) is 5.21. The van der Waals surface area contributed by atoms with Crippen LogP contribution in [0, 0.1) is 0 Å². The highest BCUT2D eigenvalue weighted by atomic mass is 79.9. The second kappa shape index (κ2) is 6.43. The predicted octanol–water partition coefficient (Wildman–Crippen LogP) is 3.07. The first-order chi connectivity index (χ1) is 11.0. The first-order valence-corrected chi connectivity index (χ1v) is 9.57. The minimum Gasteiger partial charge on any atom is -0.272 e. The van der Waals surface area contributed by atoms with Gasteiger partial charge in [0.15, 0.2) is 0 Å². The van der Waals surface area contributed by atoms with Gasteiger partial charge in [0, 0.05) is 5.33 Å². The van der Waals surface area contributed by atoms with Crippen molar-refractivity contribution in [2.24, 2.45) is 0 Å². The molecule has 5 nitrogen and oxygen atoms in total. The fourth-order valence-electron chi connectivity index (χ4n) is 2.30. The SMILES string of the molecule is O=C1CC(CBr)N1OS(=O)(=O)/C=C/c1ccc2ccccc2c1. The zero-order valence-electron chi connectivity index (χ0n) is 12.1. The Morgan fingerprint density at radius 2 is 1.96 bits per heavy atom. The number of hydroxylamine groups is 2. The van der Waals surface area contributed by atoms with Crippen LogP contribution in [0.3, 0.4) is 0 Å². The summed E-state index contributed by atoms with van der Waals surface area (Å²) in [5.41, 5.74) is 0.739. The van der Waals surface area contributed by atoms with Gasteiger partial charge in [0.2, 0.25) is 5.91 Å². The van der Waals surface area contributed by atoms with Gasteiger partial charge in [0.25, 0.3) is 0 Å². The third-order valence-corrected chi connectivity index (χ3v) is 5.14. The third kappa shape index (κ3) is 3.63. The van der Waals surface area contributed by atoms with Crippen LogP contribution in [0.4, 0.5) is 0 Å². The Balaban J connectivity index is 1.76. The van der Waals surface area contributed by atoms with Crippen LogP contribution < -0.4 is 0 Å². The number of alkyl halides is 1. The maximum Gasteiger partial charge on any atom is 0.310 e. The molecule has 23 heavy (non-hydrogen) atoms.